The molecule has 0 saturated carbocycles. The van der Waals surface area contributed by atoms with Crippen LogP contribution >= 0.6 is 0 Å². The molecule has 2 amide bonds. The maximum Gasteiger partial charge on any atom is 0.327 e. The molecule has 0 aliphatic carbocycles. The maximum atomic E-state index is 12.1. The van der Waals surface area contributed by atoms with Gasteiger partial charge in [0, 0.05) is 20.0 Å². The fourth-order valence-corrected chi connectivity index (χ4v) is 3.18. The minimum absolute atomic E-state index is 0.364. The van der Waals surface area contributed by atoms with E-state index in [-0.39, 0.29) is 0 Å². The normalized spacial score (nSPS) is 14.1. The Hall–Kier alpha value is -1.64. The van der Waals surface area contributed by atoms with Crippen molar-refractivity contribution < 1.29 is 27.9 Å². The Morgan fingerprint density at radius 1 is 1.19 bits per heavy atom. The number of hydrogen-bond acceptors (Lipinski definition) is 5. The summed E-state index contributed by atoms with van der Waals surface area (Å²) < 4.78 is 24.3. The van der Waals surface area contributed by atoms with Gasteiger partial charge in [0.1, 0.15) is 11.3 Å². The van der Waals surface area contributed by atoms with Crippen molar-refractivity contribution >= 4 is 27.6 Å². The third-order valence-electron chi connectivity index (χ3n) is 3.04. The first kappa shape index (κ1) is 19.4. The first-order chi connectivity index (χ1) is 9.56. The lowest BCUT2D eigenvalue weighted by molar-refractivity contribution is -0.140. The zero-order chi connectivity index (χ0) is 16.8. The van der Waals surface area contributed by atoms with Gasteiger partial charge in [-0.3, -0.25) is 9.59 Å². The van der Waals surface area contributed by atoms with Gasteiger partial charge in [-0.15, -0.1) is 0 Å². The zero-order valence-corrected chi connectivity index (χ0v) is 13.4. The second-order valence-corrected chi connectivity index (χ2v) is 6.94. The summed E-state index contributed by atoms with van der Waals surface area (Å²) in [6, 6.07) is -1.57. The summed E-state index contributed by atoms with van der Waals surface area (Å²) in [6.45, 7) is 6.48. The molecule has 122 valence electrons. The predicted molar refractivity (Wildman–Crippen MR) is 76.4 cm³/mol. The molecule has 21 heavy (non-hydrogen) atoms. The van der Waals surface area contributed by atoms with E-state index in [1.165, 1.54) is 11.8 Å². The highest BCUT2D eigenvalue weighted by atomic mass is 32.2. The van der Waals surface area contributed by atoms with Crippen molar-refractivity contribution in [3.63, 3.8) is 0 Å². The van der Waals surface area contributed by atoms with Gasteiger partial charge in [0.05, 0.1) is 5.75 Å². The van der Waals surface area contributed by atoms with Crippen LogP contribution in [0.15, 0.2) is 0 Å². The highest BCUT2D eigenvalue weighted by Crippen LogP contribution is 2.09. The fourth-order valence-electron chi connectivity index (χ4n) is 1.74. The number of carbonyl (C=O) groups excluding carboxylic acids is 2. The SMILES string of the molecule is CCN(CC)C(=O)C(C)S(=O)(=O)C[C@H](NC(C)=O)C(=O)O. The largest absolute Gasteiger partial charge is 0.480 e. The predicted octanol–water partition coefficient (Wildman–Crippen LogP) is -0.753. The highest BCUT2D eigenvalue weighted by molar-refractivity contribution is 7.92. The van der Waals surface area contributed by atoms with Crippen LogP contribution in [0.5, 0.6) is 0 Å². The summed E-state index contributed by atoms with van der Waals surface area (Å²) in [7, 11) is -4.00. The number of aliphatic carboxylic acids is 1. The number of carboxylic acids is 1. The number of sulfone groups is 1. The molecule has 2 N–H and O–H groups in total. The Balaban J connectivity index is 5.14. The first-order valence-corrected chi connectivity index (χ1v) is 8.28. The van der Waals surface area contributed by atoms with Gasteiger partial charge in [-0.05, 0) is 20.8 Å². The molecule has 2 atom stereocenters. The van der Waals surface area contributed by atoms with Gasteiger partial charge in [0.15, 0.2) is 9.84 Å². The van der Waals surface area contributed by atoms with Gasteiger partial charge in [-0.2, -0.15) is 0 Å². The van der Waals surface area contributed by atoms with Crippen LogP contribution < -0.4 is 5.32 Å². The molecule has 9 heteroatoms. The summed E-state index contributed by atoms with van der Waals surface area (Å²) in [5.41, 5.74) is 0. The van der Waals surface area contributed by atoms with Gasteiger partial charge < -0.3 is 15.3 Å². The zero-order valence-electron chi connectivity index (χ0n) is 12.6. The summed E-state index contributed by atoms with van der Waals surface area (Å²) in [6.07, 6.45) is 0. The molecule has 1 unspecified atom stereocenters. The second kappa shape index (κ2) is 7.96. The van der Waals surface area contributed by atoms with Gasteiger partial charge in [-0.1, -0.05) is 0 Å². The van der Waals surface area contributed by atoms with Crippen LogP contribution in [0.25, 0.3) is 0 Å². The highest BCUT2D eigenvalue weighted by Gasteiger charge is 2.35. The lowest BCUT2D eigenvalue weighted by Gasteiger charge is -2.23. The van der Waals surface area contributed by atoms with Crippen molar-refractivity contribution in [2.75, 3.05) is 18.8 Å². The monoisotopic (exact) mass is 322 g/mol. The summed E-state index contributed by atoms with van der Waals surface area (Å²) in [5, 5.41) is 9.62. The van der Waals surface area contributed by atoms with E-state index in [1.807, 2.05) is 5.32 Å². The molecule has 0 bridgehead atoms. The molecule has 0 spiro atoms. The molecule has 0 aromatic heterocycles. The van der Waals surface area contributed by atoms with Crippen LogP contribution in [0, 0.1) is 0 Å². The molecule has 0 radical (unpaired) electrons. The summed E-state index contributed by atoms with van der Waals surface area (Å²) in [5.74, 6) is -3.51. The average molecular weight is 322 g/mol. The van der Waals surface area contributed by atoms with Gasteiger partial charge in [-0.25, -0.2) is 13.2 Å². The standard InChI is InChI=1S/C12H22N2O6S/c1-5-14(6-2)11(16)8(3)21(19,20)7-10(12(17)18)13-9(4)15/h8,10H,5-7H2,1-4H3,(H,13,15)(H,17,18)/t8?,10-/m0/s1. The number of nitrogens with zero attached hydrogens (tertiary/aromatic N) is 1. The fraction of sp³-hybridized carbons (Fsp3) is 0.750. The van der Waals surface area contributed by atoms with E-state index in [1.54, 1.807) is 13.8 Å². The van der Waals surface area contributed by atoms with E-state index in [0.717, 1.165) is 6.92 Å². The molecule has 8 nitrogen and oxygen atoms in total. The summed E-state index contributed by atoms with van der Waals surface area (Å²) >= 11 is 0. The maximum absolute atomic E-state index is 12.1. The van der Waals surface area contributed by atoms with Crippen LogP contribution in [-0.4, -0.2) is 66.3 Å². The van der Waals surface area contributed by atoms with E-state index in [9.17, 15) is 22.8 Å². The quantitative estimate of drug-likeness (QED) is 0.606. The Labute approximate surface area is 124 Å². The number of hydrogen-bond donors (Lipinski definition) is 2. The van der Waals surface area contributed by atoms with E-state index in [2.05, 4.69) is 0 Å². The molecular formula is C12H22N2O6S. The Bertz CT molecular complexity index is 498. The van der Waals surface area contributed by atoms with Crippen LogP contribution in [0.1, 0.15) is 27.7 Å². The topological polar surface area (TPSA) is 121 Å². The molecule has 0 rings (SSSR count). The van der Waals surface area contributed by atoms with Crippen molar-refractivity contribution in [1.82, 2.24) is 10.2 Å². The molecule has 0 aromatic rings. The number of rotatable bonds is 8. The van der Waals surface area contributed by atoms with E-state index >= 15 is 0 Å². The third kappa shape index (κ3) is 5.70. The van der Waals surface area contributed by atoms with Crippen LogP contribution in [0.2, 0.25) is 0 Å². The Morgan fingerprint density at radius 3 is 2.00 bits per heavy atom. The van der Waals surface area contributed by atoms with Gasteiger partial charge in [0.2, 0.25) is 11.8 Å². The van der Waals surface area contributed by atoms with Crippen molar-refractivity contribution in [1.29, 1.82) is 0 Å². The second-order valence-electron chi connectivity index (χ2n) is 4.57. The lowest BCUT2D eigenvalue weighted by Crippen LogP contribution is -2.49. The number of amides is 2. The Morgan fingerprint density at radius 2 is 1.67 bits per heavy atom. The van der Waals surface area contributed by atoms with E-state index in [0.29, 0.717) is 13.1 Å². The molecule has 0 aliphatic heterocycles. The smallest absolute Gasteiger partial charge is 0.327 e. The van der Waals surface area contributed by atoms with Crippen LogP contribution in [-0.2, 0) is 24.2 Å². The minimum Gasteiger partial charge on any atom is -0.480 e. The molecule has 0 aromatic carbocycles. The van der Waals surface area contributed by atoms with Crippen molar-refractivity contribution in [2.24, 2.45) is 0 Å². The van der Waals surface area contributed by atoms with Gasteiger partial charge in [0.25, 0.3) is 0 Å². The number of carbonyl (C=O) groups is 3. The molecule has 0 aliphatic rings. The Kier molecular flexibility index (Phi) is 7.34. The lowest BCUT2D eigenvalue weighted by atomic mass is 10.3. The van der Waals surface area contributed by atoms with Crippen LogP contribution in [0.3, 0.4) is 0 Å². The summed E-state index contributed by atoms with van der Waals surface area (Å²) in [4.78, 5) is 35.3. The van der Waals surface area contributed by atoms with Crippen molar-refractivity contribution in [2.45, 2.75) is 39.0 Å². The number of nitrogens with one attached hydrogen (secondary N) is 1. The van der Waals surface area contributed by atoms with Crippen molar-refractivity contribution in [3.8, 4) is 0 Å². The van der Waals surface area contributed by atoms with E-state index in [4.69, 9.17) is 5.11 Å². The third-order valence-corrected chi connectivity index (χ3v) is 5.11. The van der Waals surface area contributed by atoms with Crippen molar-refractivity contribution in [3.05, 3.63) is 0 Å². The molecule has 0 saturated heterocycles. The molecular weight excluding hydrogens is 300 g/mol. The molecule has 0 fully saturated rings. The molecule has 0 heterocycles. The van der Waals surface area contributed by atoms with E-state index < -0.39 is 44.7 Å². The average Bonchev–Trinajstić information content (AvgIpc) is 2.37. The minimum atomic E-state index is -4.00. The van der Waals surface area contributed by atoms with Crippen LogP contribution in [0.4, 0.5) is 0 Å². The van der Waals surface area contributed by atoms with Gasteiger partial charge >= 0.3 is 5.97 Å². The first-order valence-electron chi connectivity index (χ1n) is 6.57. The number of carboxylic acid groups (broad SMARTS) is 1.